The molecular weight excluding hydrogens is 282 g/mol. The number of hydrogen-bond acceptors (Lipinski definition) is 4. The quantitative estimate of drug-likeness (QED) is 0.656. The van der Waals surface area contributed by atoms with Crippen molar-refractivity contribution in [2.45, 2.75) is 19.6 Å². The second-order valence-electron chi connectivity index (χ2n) is 5.29. The molecular formula is C16H21N3O3. The van der Waals surface area contributed by atoms with Crippen LogP contribution in [-0.2, 0) is 14.4 Å². The van der Waals surface area contributed by atoms with Gasteiger partial charge in [-0.2, -0.15) is 0 Å². The second-order valence-corrected chi connectivity index (χ2v) is 5.29. The summed E-state index contributed by atoms with van der Waals surface area (Å²) < 4.78 is 0. The Bertz CT molecular complexity index is 569. The number of hydrogen-bond donors (Lipinski definition) is 1. The Hall–Kier alpha value is -2.18. The summed E-state index contributed by atoms with van der Waals surface area (Å²) in [5.74, 6) is -0.612. The maximum Gasteiger partial charge on any atom is 0.294 e. The highest BCUT2D eigenvalue weighted by Gasteiger charge is 2.31. The van der Waals surface area contributed by atoms with Gasteiger partial charge < -0.3 is 5.32 Å². The summed E-state index contributed by atoms with van der Waals surface area (Å²) in [6.07, 6.45) is 2.09. The molecule has 0 saturated carbocycles. The maximum atomic E-state index is 12.4. The minimum absolute atomic E-state index is 0.102. The molecule has 0 bridgehead atoms. The lowest BCUT2D eigenvalue weighted by atomic mass is 10.1. The predicted molar refractivity (Wildman–Crippen MR) is 83.1 cm³/mol. The van der Waals surface area contributed by atoms with E-state index in [0.717, 1.165) is 10.6 Å². The molecule has 22 heavy (non-hydrogen) atoms. The Morgan fingerprint density at radius 1 is 1.32 bits per heavy atom. The lowest BCUT2D eigenvalue weighted by molar-refractivity contribution is -0.229. The standard InChI is InChI=1S/C16H21N3O3/c1-4-15(18(2)3)22-19-11-14(20)17-13(16(19)21)10-12-8-6-5-7-9-12/h5-10,15H,4,11H2,1-3H3,(H,17,20). The van der Waals surface area contributed by atoms with E-state index in [9.17, 15) is 9.59 Å². The summed E-state index contributed by atoms with van der Waals surface area (Å²) >= 11 is 0. The first kappa shape index (κ1) is 16.2. The Balaban J connectivity index is 2.18. The molecule has 1 aliphatic heterocycles. The van der Waals surface area contributed by atoms with Crippen LogP contribution in [-0.4, -0.2) is 48.6 Å². The third kappa shape index (κ3) is 3.93. The molecule has 2 rings (SSSR count). The fourth-order valence-corrected chi connectivity index (χ4v) is 2.16. The fraction of sp³-hybridized carbons (Fsp3) is 0.375. The third-order valence-electron chi connectivity index (χ3n) is 3.30. The Morgan fingerprint density at radius 2 is 2.00 bits per heavy atom. The van der Waals surface area contributed by atoms with Gasteiger partial charge in [0.15, 0.2) is 0 Å². The van der Waals surface area contributed by atoms with Crippen molar-refractivity contribution in [3.8, 4) is 0 Å². The van der Waals surface area contributed by atoms with Gasteiger partial charge in [-0.05, 0) is 32.2 Å². The van der Waals surface area contributed by atoms with E-state index in [1.54, 1.807) is 6.08 Å². The van der Waals surface area contributed by atoms with Gasteiger partial charge in [0.1, 0.15) is 18.5 Å². The van der Waals surface area contributed by atoms with Gasteiger partial charge in [0, 0.05) is 0 Å². The van der Waals surface area contributed by atoms with E-state index in [1.807, 2.05) is 56.3 Å². The van der Waals surface area contributed by atoms with Gasteiger partial charge in [-0.3, -0.25) is 19.3 Å². The van der Waals surface area contributed by atoms with Crippen LogP contribution in [0.4, 0.5) is 0 Å². The number of benzene rings is 1. The molecule has 1 unspecified atom stereocenters. The number of amides is 2. The molecule has 0 radical (unpaired) electrons. The van der Waals surface area contributed by atoms with Gasteiger partial charge in [0.05, 0.1) is 0 Å². The number of piperazine rings is 1. The zero-order chi connectivity index (χ0) is 16.1. The van der Waals surface area contributed by atoms with Crippen LogP contribution in [0.3, 0.4) is 0 Å². The van der Waals surface area contributed by atoms with Crippen molar-refractivity contribution >= 4 is 17.9 Å². The minimum Gasteiger partial charge on any atom is -0.320 e. The van der Waals surface area contributed by atoms with E-state index >= 15 is 0 Å². The first-order chi connectivity index (χ1) is 10.5. The number of carbonyl (C=O) groups excluding carboxylic acids is 2. The van der Waals surface area contributed by atoms with E-state index in [0.29, 0.717) is 6.42 Å². The van der Waals surface area contributed by atoms with E-state index in [-0.39, 0.29) is 30.3 Å². The Morgan fingerprint density at radius 3 is 2.59 bits per heavy atom. The lowest BCUT2D eigenvalue weighted by Gasteiger charge is -2.32. The molecule has 0 aliphatic carbocycles. The van der Waals surface area contributed by atoms with Gasteiger partial charge in [0.25, 0.3) is 5.91 Å². The smallest absolute Gasteiger partial charge is 0.294 e. The highest BCUT2D eigenvalue weighted by molar-refractivity contribution is 6.05. The predicted octanol–water partition coefficient (Wildman–Crippen LogP) is 1.22. The van der Waals surface area contributed by atoms with Crippen molar-refractivity contribution in [2.24, 2.45) is 0 Å². The number of hydroxylamine groups is 2. The topological polar surface area (TPSA) is 61.9 Å². The van der Waals surface area contributed by atoms with Crippen LogP contribution in [0.25, 0.3) is 6.08 Å². The molecule has 1 aromatic rings. The summed E-state index contributed by atoms with van der Waals surface area (Å²) in [6, 6.07) is 9.35. The van der Waals surface area contributed by atoms with E-state index in [1.165, 1.54) is 0 Å². The van der Waals surface area contributed by atoms with Gasteiger partial charge in [-0.1, -0.05) is 37.3 Å². The van der Waals surface area contributed by atoms with Crippen LogP contribution in [0.5, 0.6) is 0 Å². The maximum absolute atomic E-state index is 12.4. The second kappa shape index (κ2) is 7.20. The first-order valence-electron chi connectivity index (χ1n) is 7.23. The molecule has 1 saturated heterocycles. The zero-order valence-corrected chi connectivity index (χ0v) is 13.1. The van der Waals surface area contributed by atoms with Crippen molar-refractivity contribution < 1.29 is 14.4 Å². The molecule has 1 heterocycles. The third-order valence-corrected chi connectivity index (χ3v) is 3.30. The Labute approximate surface area is 130 Å². The molecule has 0 aromatic heterocycles. The minimum atomic E-state index is -0.344. The van der Waals surface area contributed by atoms with E-state index < -0.39 is 0 Å². The van der Waals surface area contributed by atoms with Crippen LogP contribution in [0.1, 0.15) is 18.9 Å². The summed E-state index contributed by atoms with van der Waals surface area (Å²) in [6.45, 7) is 1.86. The number of rotatable bonds is 5. The molecule has 1 aliphatic rings. The van der Waals surface area contributed by atoms with Gasteiger partial charge >= 0.3 is 0 Å². The molecule has 1 atom stereocenters. The molecule has 6 nitrogen and oxygen atoms in total. The van der Waals surface area contributed by atoms with E-state index in [2.05, 4.69) is 5.32 Å². The summed E-state index contributed by atoms with van der Waals surface area (Å²) in [5, 5.41) is 3.73. The SMILES string of the molecule is CCC(ON1CC(=O)NC(=Cc2ccccc2)C1=O)N(C)C. The van der Waals surface area contributed by atoms with Crippen molar-refractivity contribution in [2.75, 3.05) is 20.6 Å². The molecule has 1 N–H and O–H groups in total. The Kier molecular flexibility index (Phi) is 5.30. The molecule has 0 spiro atoms. The van der Waals surface area contributed by atoms with Crippen LogP contribution in [0, 0.1) is 0 Å². The average molecular weight is 303 g/mol. The lowest BCUT2D eigenvalue weighted by Crippen LogP contribution is -2.52. The van der Waals surface area contributed by atoms with E-state index in [4.69, 9.17) is 4.84 Å². The fourth-order valence-electron chi connectivity index (χ4n) is 2.16. The average Bonchev–Trinajstić information content (AvgIpc) is 2.49. The monoisotopic (exact) mass is 303 g/mol. The highest BCUT2D eigenvalue weighted by Crippen LogP contribution is 2.14. The van der Waals surface area contributed by atoms with Crippen LogP contribution >= 0.6 is 0 Å². The molecule has 2 amide bonds. The highest BCUT2D eigenvalue weighted by atomic mass is 16.7. The normalized spacial score (nSPS) is 18.7. The largest absolute Gasteiger partial charge is 0.320 e. The molecule has 1 aromatic carbocycles. The molecule has 1 fully saturated rings. The summed E-state index contributed by atoms with van der Waals surface area (Å²) in [5.41, 5.74) is 1.06. The molecule has 6 heteroatoms. The van der Waals surface area contributed by atoms with Gasteiger partial charge in [-0.15, -0.1) is 0 Å². The van der Waals surface area contributed by atoms with Crippen molar-refractivity contribution in [3.05, 3.63) is 41.6 Å². The number of nitrogens with zero attached hydrogens (tertiary/aromatic N) is 2. The number of nitrogens with one attached hydrogen (secondary N) is 1. The van der Waals surface area contributed by atoms with Crippen LogP contribution in [0.15, 0.2) is 36.0 Å². The van der Waals surface area contributed by atoms with Gasteiger partial charge in [-0.25, -0.2) is 5.06 Å². The van der Waals surface area contributed by atoms with Gasteiger partial charge in [0.2, 0.25) is 5.91 Å². The summed E-state index contributed by atoms with van der Waals surface area (Å²) in [4.78, 5) is 31.8. The van der Waals surface area contributed by atoms with Crippen molar-refractivity contribution in [1.29, 1.82) is 0 Å². The van der Waals surface area contributed by atoms with Crippen LogP contribution < -0.4 is 5.32 Å². The zero-order valence-electron chi connectivity index (χ0n) is 13.1. The molecule has 118 valence electrons. The first-order valence-corrected chi connectivity index (χ1v) is 7.23. The van der Waals surface area contributed by atoms with Crippen molar-refractivity contribution in [3.63, 3.8) is 0 Å². The number of carbonyl (C=O) groups is 2. The summed E-state index contributed by atoms with van der Waals surface area (Å²) in [7, 11) is 3.73. The van der Waals surface area contributed by atoms with Crippen molar-refractivity contribution in [1.82, 2.24) is 15.3 Å². The van der Waals surface area contributed by atoms with Crippen LogP contribution in [0.2, 0.25) is 0 Å².